The van der Waals surface area contributed by atoms with E-state index in [-0.39, 0.29) is 10.6 Å². The first kappa shape index (κ1) is 12.3. The van der Waals surface area contributed by atoms with Gasteiger partial charge < -0.3 is 5.73 Å². The highest BCUT2D eigenvalue weighted by Crippen LogP contribution is 2.26. The third kappa shape index (κ3) is 2.28. The number of nitrogen functional groups attached to an aromatic ring is 1. The van der Waals surface area contributed by atoms with E-state index in [1.807, 2.05) is 0 Å². The van der Waals surface area contributed by atoms with E-state index in [2.05, 4.69) is 0 Å². The molecule has 4 nitrogen and oxygen atoms in total. The molecule has 17 heavy (non-hydrogen) atoms. The van der Waals surface area contributed by atoms with Gasteiger partial charge in [-0.25, -0.2) is 12.8 Å². The molecule has 0 amide bonds. The Labute approximate surface area is 100 Å². The van der Waals surface area contributed by atoms with Crippen molar-refractivity contribution in [1.82, 2.24) is 4.31 Å². The predicted octanol–water partition coefficient (Wildman–Crippen LogP) is 1.58. The zero-order valence-electron chi connectivity index (χ0n) is 9.39. The third-order valence-corrected chi connectivity index (χ3v) is 4.90. The maximum atomic E-state index is 13.3. The average molecular weight is 258 g/mol. The number of halogens is 1. The van der Waals surface area contributed by atoms with E-state index in [1.165, 1.54) is 16.4 Å². The first-order chi connectivity index (χ1) is 8.03. The molecule has 0 bridgehead atoms. The first-order valence-corrected chi connectivity index (χ1v) is 7.01. The Balaban J connectivity index is 2.40. The molecule has 2 rings (SSSR count). The Bertz CT molecular complexity index is 510. The van der Waals surface area contributed by atoms with Crippen LogP contribution in [0.1, 0.15) is 19.3 Å². The van der Waals surface area contributed by atoms with Crippen molar-refractivity contribution in [3.63, 3.8) is 0 Å². The second-order valence-electron chi connectivity index (χ2n) is 4.12. The molecule has 0 aromatic heterocycles. The van der Waals surface area contributed by atoms with E-state index in [0.29, 0.717) is 13.1 Å². The number of benzene rings is 1. The fourth-order valence-corrected chi connectivity index (χ4v) is 3.63. The maximum Gasteiger partial charge on any atom is 0.245 e. The SMILES string of the molecule is Nc1c(F)cccc1S(=O)(=O)N1CCCCC1. The normalized spacial score (nSPS) is 18.2. The molecule has 94 valence electrons. The molecule has 1 aromatic rings. The van der Waals surface area contributed by atoms with E-state index in [9.17, 15) is 12.8 Å². The van der Waals surface area contributed by atoms with Gasteiger partial charge in [-0.2, -0.15) is 4.31 Å². The minimum absolute atomic E-state index is 0.126. The number of hydrogen-bond acceptors (Lipinski definition) is 3. The lowest BCUT2D eigenvalue weighted by atomic mass is 10.2. The molecular weight excluding hydrogens is 243 g/mol. The van der Waals surface area contributed by atoms with E-state index in [1.54, 1.807) is 0 Å². The van der Waals surface area contributed by atoms with Gasteiger partial charge in [-0.05, 0) is 25.0 Å². The quantitative estimate of drug-likeness (QED) is 0.819. The molecule has 0 atom stereocenters. The molecule has 1 heterocycles. The summed E-state index contributed by atoms with van der Waals surface area (Å²) in [5.41, 5.74) is 5.20. The van der Waals surface area contributed by atoms with Gasteiger partial charge in [-0.15, -0.1) is 0 Å². The fraction of sp³-hybridized carbons (Fsp3) is 0.455. The Kier molecular flexibility index (Phi) is 3.35. The van der Waals surface area contributed by atoms with Gasteiger partial charge in [0.1, 0.15) is 10.7 Å². The lowest BCUT2D eigenvalue weighted by molar-refractivity contribution is 0.346. The van der Waals surface area contributed by atoms with Gasteiger partial charge in [-0.1, -0.05) is 12.5 Å². The lowest BCUT2D eigenvalue weighted by Crippen LogP contribution is -2.36. The molecule has 1 aliphatic rings. The monoisotopic (exact) mass is 258 g/mol. The van der Waals surface area contributed by atoms with Gasteiger partial charge in [0.05, 0.1) is 5.69 Å². The van der Waals surface area contributed by atoms with Crippen molar-refractivity contribution in [3.8, 4) is 0 Å². The Morgan fingerprint density at radius 2 is 1.82 bits per heavy atom. The summed E-state index contributed by atoms with van der Waals surface area (Å²) in [5, 5.41) is 0. The van der Waals surface area contributed by atoms with Crippen LogP contribution in [0.4, 0.5) is 10.1 Å². The molecule has 0 saturated carbocycles. The highest BCUT2D eigenvalue weighted by Gasteiger charge is 2.28. The molecule has 1 aromatic carbocycles. The van der Waals surface area contributed by atoms with E-state index in [0.717, 1.165) is 25.3 Å². The molecule has 0 aliphatic carbocycles. The second-order valence-corrected chi connectivity index (χ2v) is 6.02. The molecular formula is C11H15FN2O2S. The summed E-state index contributed by atoms with van der Waals surface area (Å²) >= 11 is 0. The largest absolute Gasteiger partial charge is 0.395 e. The van der Waals surface area contributed by atoms with Crippen molar-refractivity contribution in [2.24, 2.45) is 0 Å². The van der Waals surface area contributed by atoms with Gasteiger partial charge in [0, 0.05) is 13.1 Å². The number of nitrogens with two attached hydrogens (primary N) is 1. The van der Waals surface area contributed by atoms with Gasteiger partial charge in [0.15, 0.2) is 0 Å². The van der Waals surface area contributed by atoms with Crippen LogP contribution in [-0.2, 0) is 10.0 Å². The lowest BCUT2D eigenvalue weighted by Gasteiger charge is -2.26. The summed E-state index contributed by atoms with van der Waals surface area (Å²) in [6.45, 7) is 0.969. The van der Waals surface area contributed by atoms with Crippen molar-refractivity contribution >= 4 is 15.7 Å². The summed E-state index contributed by atoms with van der Waals surface area (Å²) in [7, 11) is -3.65. The van der Waals surface area contributed by atoms with Gasteiger partial charge in [-0.3, -0.25) is 0 Å². The Morgan fingerprint density at radius 1 is 1.18 bits per heavy atom. The second kappa shape index (κ2) is 4.62. The zero-order chi connectivity index (χ0) is 12.5. The highest BCUT2D eigenvalue weighted by atomic mass is 32.2. The minimum Gasteiger partial charge on any atom is -0.395 e. The summed E-state index contributed by atoms with van der Waals surface area (Å²) in [5.74, 6) is -0.692. The topological polar surface area (TPSA) is 63.4 Å². The van der Waals surface area contributed by atoms with Crippen LogP contribution in [0, 0.1) is 5.82 Å². The van der Waals surface area contributed by atoms with Crippen LogP contribution in [0.2, 0.25) is 0 Å². The zero-order valence-corrected chi connectivity index (χ0v) is 10.2. The van der Waals surface area contributed by atoms with Crippen molar-refractivity contribution < 1.29 is 12.8 Å². The smallest absolute Gasteiger partial charge is 0.245 e. The van der Waals surface area contributed by atoms with Crippen LogP contribution < -0.4 is 5.73 Å². The Morgan fingerprint density at radius 3 is 2.47 bits per heavy atom. The minimum atomic E-state index is -3.65. The van der Waals surface area contributed by atoms with Crippen LogP contribution in [0.3, 0.4) is 0 Å². The Hall–Kier alpha value is -1.14. The average Bonchev–Trinajstić information content (AvgIpc) is 2.33. The number of piperidine rings is 1. The first-order valence-electron chi connectivity index (χ1n) is 5.57. The van der Waals surface area contributed by atoms with Crippen molar-refractivity contribution in [3.05, 3.63) is 24.0 Å². The molecule has 2 N–H and O–H groups in total. The summed E-state index contributed by atoms with van der Waals surface area (Å²) in [6, 6.07) is 3.87. The van der Waals surface area contributed by atoms with E-state index < -0.39 is 15.8 Å². The summed E-state index contributed by atoms with van der Waals surface area (Å²) in [6.07, 6.45) is 2.72. The van der Waals surface area contributed by atoms with E-state index in [4.69, 9.17) is 5.73 Å². The highest BCUT2D eigenvalue weighted by molar-refractivity contribution is 7.89. The summed E-state index contributed by atoms with van der Waals surface area (Å²) < 4.78 is 39.1. The molecule has 1 saturated heterocycles. The van der Waals surface area contributed by atoms with Crippen molar-refractivity contribution in [2.45, 2.75) is 24.2 Å². The van der Waals surface area contributed by atoms with Crippen LogP contribution in [0.5, 0.6) is 0 Å². The van der Waals surface area contributed by atoms with Crippen molar-refractivity contribution in [2.75, 3.05) is 18.8 Å². The van der Waals surface area contributed by atoms with Gasteiger partial charge >= 0.3 is 0 Å². The number of para-hydroxylation sites is 1. The molecule has 0 spiro atoms. The number of nitrogens with zero attached hydrogens (tertiary/aromatic N) is 1. The maximum absolute atomic E-state index is 13.3. The molecule has 6 heteroatoms. The number of hydrogen-bond donors (Lipinski definition) is 1. The predicted molar refractivity (Wildman–Crippen MR) is 63.4 cm³/mol. The molecule has 0 radical (unpaired) electrons. The molecule has 1 aliphatic heterocycles. The van der Waals surface area contributed by atoms with E-state index >= 15 is 0 Å². The van der Waals surface area contributed by atoms with Crippen molar-refractivity contribution in [1.29, 1.82) is 0 Å². The van der Waals surface area contributed by atoms with Gasteiger partial charge in [0.2, 0.25) is 10.0 Å². The summed E-state index contributed by atoms with van der Waals surface area (Å²) in [4.78, 5) is -0.126. The molecule has 0 unspecified atom stereocenters. The van der Waals surface area contributed by atoms with Crippen LogP contribution in [-0.4, -0.2) is 25.8 Å². The number of anilines is 1. The number of sulfonamides is 1. The fourth-order valence-electron chi connectivity index (χ4n) is 1.99. The third-order valence-electron chi connectivity index (χ3n) is 2.95. The molecule has 1 fully saturated rings. The number of rotatable bonds is 2. The van der Waals surface area contributed by atoms with Crippen LogP contribution in [0.15, 0.2) is 23.1 Å². The van der Waals surface area contributed by atoms with Gasteiger partial charge in [0.25, 0.3) is 0 Å². The standard InChI is InChI=1S/C11H15FN2O2S/c12-9-5-4-6-10(11(9)13)17(15,16)14-7-2-1-3-8-14/h4-6H,1-3,7-8,13H2. The van der Waals surface area contributed by atoms with Crippen LogP contribution in [0.25, 0.3) is 0 Å². The van der Waals surface area contributed by atoms with Crippen LogP contribution >= 0.6 is 0 Å².